The van der Waals surface area contributed by atoms with Crippen LogP contribution in [-0.2, 0) is 19.3 Å². The Labute approximate surface area is 132 Å². The molecule has 0 amide bonds. The lowest BCUT2D eigenvalue weighted by Gasteiger charge is -2.08. The minimum atomic E-state index is 0.133. The van der Waals surface area contributed by atoms with Gasteiger partial charge < -0.3 is 0 Å². The molecule has 0 unspecified atom stereocenters. The molecule has 0 radical (unpaired) electrons. The second-order valence-corrected chi connectivity index (χ2v) is 7.08. The zero-order valence-electron chi connectivity index (χ0n) is 10.9. The van der Waals surface area contributed by atoms with Crippen LogP contribution in [-0.4, -0.2) is 5.78 Å². The van der Waals surface area contributed by atoms with Crippen LogP contribution in [0.1, 0.15) is 38.5 Å². The molecule has 0 bridgehead atoms. The first-order chi connectivity index (χ1) is 9.63. The van der Waals surface area contributed by atoms with Crippen molar-refractivity contribution in [3.05, 3.63) is 55.2 Å². The molecule has 0 aliphatic heterocycles. The molecule has 20 heavy (non-hydrogen) atoms. The van der Waals surface area contributed by atoms with Crippen molar-refractivity contribution in [3.63, 3.8) is 0 Å². The summed E-state index contributed by atoms with van der Waals surface area (Å²) < 4.78 is 0. The molecule has 1 aromatic carbocycles. The molecule has 0 N–H and O–H groups in total. The van der Waals surface area contributed by atoms with Crippen molar-refractivity contribution in [2.24, 2.45) is 0 Å². The Morgan fingerprint density at radius 3 is 2.75 bits per heavy atom. The van der Waals surface area contributed by atoms with Gasteiger partial charge in [-0.1, -0.05) is 23.2 Å². The molecule has 0 atom stereocenters. The van der Waals surface area contributed by atoms with Crippen molar-refractivity contribution >= 4 is 40.3 Å². The average molecular weight is 325 g/mol. The van der Waals surface area contributed by atoms with E-state index in [-0.39, 0.29) is 5.78 Å². The number of benzene rings is 1. The summed E-state index contributed by atoms with van der Waals surface area (Å²) in [5.74, 6) is 0.133. The third-order valence-electron chi connectivity index (χ3n) is 3.63. The Balaban J connectivity index is 1.82. The van der Waals surface area contributed by atoms with E-state index in [1.165, 1.54) is 23.3 Å². The normalized spacial score (nSPS) is 14.1. The van der Waals surface area contributed by atoms with Crippen LogP contribution in [0.25, 0.3) is 0 Å². The summed E-state index contributed by atoms with van der Waals surface area (Å²) in [7, 11) is 0. The van der Waals surface area contributed by atoms with E-state index >= 15 is 0 Å². The molecule has 1 aromatic heterocycles. The third-order valence-corrected chi connectivity index (χ3v) is 5.51. The molecule has 104 valence electrons. The number of aryl methyl sites for hydroxylation is 2. The van der Waals surface area contributed by atoms with Gasteiger partial charge in [-0.25, -0.2) is 0 Å². The zero-order chi connectivity index (χ0) is 14.1. The Morgan fingerprint density at radius 2 is 1.95 bits per heavy atom. The number of ketones is 1. The molecule has 4 heteroatoms. The first kappa shape index (κ1) is 14.1. The van der Waals surface area contributed by atoms with E-state index in [0.717, 1.165) is 23.3 Å². The van der Waals surface area contributed by atoms with Crippen molar-refractivity contribution in [2.75, 3.05) is 0 Å². The van der Waals surface area contributed by atoms with E-state index in [9.17, 15) is 4.79 Å². The van der Waals surface area contributed by atoms with Crippen LogP contribution < -0.4 is 0 Å². The number of hydrogen-bond donors (Lipinski definition) is 0. The van der Waals surface area contributed by atoms with Crippen molar-refractivity contribution in [2.45, 2.75) is 32.1 Å². The molecule has 1 heterocycles. The van der Waals surface area contributed by atoms with Crippen LogP contribution in [0.3, 0.4) is 0 Å². The highest BCUT2D eigenvalue weighted by atomic mass is 35.5. The van der Waals surface area contributed by atoms with Crippen LogP contribution in [0.5, 0.6) is 0 Å². The highest BCUT2D eigenvalue weighted by Crippen LogP contribution is 2.31. The Hall–Kier alpha value is -0.830. The van der Waals surface area contributed by atoms with E-state index in [1.807, 2.05) is 0 Å². The Morgan fingerprint density at radius 1 is 1.15 bits per heavy atom. The lowest BCUT2D eigenvalue weighted by molar-refractivity contribution is 0.0997. The van der Waals surface area contributed by atoms with Gasteiger partial charge in [0.2, 0.25) is 0 Å². The molecular weight excluding hydrogens is 311 g/mol. The number of Topliss-reactive ketones (excluding diaryl/α,β-unsaturated/α-hetero) is 1. The summed E-state index contributed by atoms with van der Waals surface area (Å²) in [6, 6.07) is 7.32. The average Bonchev–Trinajstić information content (AvgIpc) is 2.87. The van der Waals surface area contributed by atoms with Gasteiger partial charge in [0.25, 0.3) is 0 Å². The number of halogens is 2. The van der Waals surface area contributed by atoms with E-state index in [4.69, 9.17) is 23.2 Å². The number of carbonyl (C=O) groups is 1. The van der Waals surface area contributed by atoms with E-state index in [0.29, 0.717) is 16.5 Å². The van der Waals surface area contributed by atoms with E-state index in [2.05, 4.69) is 6.07 Å². The van der Waals surface area contributed by atoms with Crippen molar-refractivity contribution in [1.29, 1.82) is 0 Å². The van der Waals surface area contributed by atoms with Crippen LogP contribution >= 0.6 is 34.5 Å². The second kappa shape index (κ2) is 5.88. The smallest absolute Gasteiger partial charge is 0.177 e. The van der Waals surface area contributed by atoms with Gasteiger partial charge in [0.1, 0.15) is 0 Å². The van der Waals surface area contributed by atoms with E-state index in [1.54, 1.807) is 29.5 Å². The van der Waals surface area contributed by atoms with Gasteiger partial charge in [-0.05, 0) is 61.1 Å². The maximum Gasteiger partial charge on any atom is 0.177 e. The minimum absolute atomic E-state index is 0.133. The quantitative estimate of drug-likeness (QED) is 0.694. The molecule has 2 aromatic rings. The van der Waals surface area contributed by atoms with Gasteiger partial charge in [-0.2, -0.15) is 0 Å². The lowest BCUT2D eigenvalue weighted by Crippen LogP contribution is -2.02. The maximum absolute atomic E-state index is 12.4. The molecule has 0 saturated heterocycles. The van der Waals surface area contributed by atoms with Crippen LogP contribution in [0.2, 0.25) is 10.0 Å². The molecule has 1 aliphatic carbocycles. The predicted octanol–water partition coefficient (Wildman–Crippen LogP) is 5.36. The predicted molar refractivity (Wildman–Crippen MR) is 85.5 cm³/mol. The molecule has 1 nitrogen and oxygen atoms in total. The summed E-state index contributed by atoms with van der Waals surface area (Å²) in [5.41, 5.74) is 2.16. The first-order valence-electron chi connectivity index (χ1n) is 6.72. The monoisotopic (exact) mass is 324 g/mol. The molecular formula is C16H14Cl2OS. The van der Waals surface area contributed by atoms with Gasteiger partial charge in [-0.3, -0.25) is 4.79 Å². The fourth-order valence-corrected chi connectivity index (χ4v) is 4.14. The highest BCUT2D eigenvalue weighted by molar-refractivity contribution is 7.14. The summed E-state index contributed by atoms with van der Waals surface area (Å²) in [5, 5.41) is 1.21. The topological polar surface area (TPSA) is 17.1 Å². The van der Waals surface area contributed by atoms with Gasteiger partial charge >= 0.3 is 0 Å². The standard InChI is InChI=1S/C16H14Cl2OS/c17-12-5-6-13(18)11(7-12)8-14(19)16-9-10-3-1-2-4-15(10)20-16/h5-7,9H,1-4,8H2. The SMILES string of the molecule is O=C(Cc1cc(Cl)ccc1Cl)c1cc2c(s1)CCCC2. The van der Waals surface area contributed by atoms with E-state index < -0.39 is 0 Å². The molecule has 3 rings (SSSR count). The van der Waals surface area contributed by atoms with Crippen molar-refractivity contribution in [3.8, 4) is 0 Å². The fourth-order valence-electron chi connectivity index (χ4n) is 2.57. The van der Waals surface area contributed by atoms with Gasteiger partial charge in [0, 0.05) is 21.3 Å². The number of fused-ring (bicyclic) bond motifs is 1. The summed E-state index contributed by atoms with van der Waals surface area (Å²) in [6.07, 6.45) is 5.01. The summed E-state index contributed by atoms with van der Waals surface area (Å²) in [4.78, 5) is 14.6. The number of thiophene rings is 1. The summed E-state index contributed by atoms with van der Waals surface area (Å²) in [6.45, 7) is 0. The van der Waals surface area contributed by atoms with Gasteiger partial charge in [-0.15, -0.1) is 11.3 Å². The fraction of sp³-hybridized carbons (Fsp3) is 0.312. The lowest BCUT2D eigenvalue weighted by atomic mass is 9.98. The van der Waals surface area contributed by atoms with Gasteiger partial charge in [0.15, 0.2) is 5.78 Å². The Bertz CT molecular complexity index is 637. The molecule has 0 spiro atoms. The second-order valence-electron chi connectivity index (χ2n) is 5.10. The maximum atomic E-state index is 12.4. The van der Waals surface area contributed by atoms with Crippen LogP contribution in [0.4, 0.5) is 0 Å². The number of hydrogen-bond acceptors (Lipinski definition) is 2. The largest absolute Gasteiger partial charge is 0.293 e. The first-order valence-corrected chi connectivity index (χ1v) is 8.29. The number of carbonyl (C=O) groups excluding carboxylic acids is 1. The molecule has 1 aliphatic rings. The summed E-state index contributed by atoms with van der Waals surface area (Å²) >= 11 is 13.7. The van der Waals surface area contributed by atoms with Crippen LogP contribution in [0.15, 0.2) is 24.3 Å². The van der Waals surface area contributed by atoms with Gasteiger partial charge in [0.05, 0.1) is 4.88 Å². The third kappa shape index (κ3) is 2.93. The Kier molecular flexibility index (Phi) is 4.16. The molecule has 0 saturated carbocycles. The minimum Gasteiger partial charge on any atom is -0.293 e. The van der Waals surface area contributed by atoms with Crippen molar-refractivity contribution < 1.29 is 4.79 Å². The van der Waals surface area contributed by atoms with Crippen LogP contribution in [0, 0.1) is 0 Å². The number of rotatable bonds is 3. The highest BCUT2D eigenvalue weighted by Gasteiger charge is 2.18. The molecule has 0 fully saturated rings. The van der Waals surface area contributed by atoms with Crippen molar-refractivity contribution in [1.82, 2.24) is 0 Å². The zero-order valence-corrected chi connectivity index (χ0v) is 13.2.